The van der Waals surface area contributed by atoms with Crippen molar-refractivity contribution in [1.82, 2.24) is 4.90 Å². The number of amides is 2. The normalized spacial score (nSPS) is 26.8. The highest BCUT2D eigenvalue weighted by molar-refractivity contribution is 6.31. The maximum Gasteiger partial charge on any atom is 0.394 e. The van der Waals surface area contributed by atoms with E-state index >= 15 is 0 Å². The molecule has 2 fully saturated rings. The maximum atomic E-state index is 12.2. The van der Waals surface area contributed by atoms with E-state index in [0.717, 1.165) is 48.9 Å². The average molecular weight is 342 g/mol. The summed E-state index contributed by atoms with van der Waals surface area (Å²) in [5.74, 6) is -1.82. The lowest BCUT2D eigenvalue weighted by Crippen LogP contribution is -2.44. The van der Waals surface area contributed by atoms with Crippen LogP contribution in [0.15, 0.2) is 18.2 Å². The van der Waals surface area contributed by atoms with E-state index in [2.05, 4.69) is 11.4 Å². The first-order valence-electron chi connectivity index (χ1n) is 8.88. The van der Waals surface area contributed by atoms with Gasteiger partial charge >= 0.3 is 11.9 Å². The predicted molar refractivity (Wildman–Crippen MR) is 90.9 cm³/mol. The van der Waals surface area contributed by atoms with Crippen molar-refractivity contribution in [2.45, 2.75) is 45.1 Å². The Morgan fingerprint density at radius 3 is 2.72 bits per heavy atom. The number of anilines is 1. The molecule has 2 heterocycles. The van der Waals surface area contributed by atoms with Gasteiger partial charge in [-0.25, -0.2) is 4.79 Å². The van der Waals surface area contributed by atoms with Crippen molar-refractivity contribution in [1.29, 1.82) is 0 Å². The molecule has 0 bridgehead atoms. The van der Waals surface area contributed by atoms with Gasteiger partial charge in [0.25, 0.3) is 0 Å². The number of carbonyl (C=O) groups is 3. The molecule has 1 saturated heterocycles. The Bertz CT molecular complexity index is 769. The molecule has 0 radical (unpaired) electrons. The summed E-state index contributed by atoms with van der Waals surface area (Å²) in [6.45, 7) is 2.51. The molecular formula is C19H22N2O4. The van der Waals surface area contributed by atoms with Crippen LogP contribution in [0.5, 0.6) is 0 Å². The van der Waals surface area contributed by atoms with Crippen LogP contribution >= 0.6 is 0 Å². The van der Waals surface area contributed by atoms with Crippen molar-refractivity contribution in [3.05, 3.63) is 29.3 Å². The molecule has 2 aliphatic heterocycles. The third kappa shape index (κ3) is 2.69. The fourth-order valence-corrected chi connectivity index (χ4v) is 4.19. The molecule has 2 atom stereocenters. The molecule has 1 aromatic carbocycles. The van der Waals surface area contributed by atoms with Crippen molar-refractivity contribution in [3.8, 4) is 0 Å². The molecule has 6 heteroatoms. The second kappa shape index (κ2) is 5.58. The number of hydrogen-bond donors (Lipinski definition) is 2. The van der Waals surface area contributed by atoms with Crippen LogP contribution < -0.4 is 5.32 Å². The fraction of sp³-hybridized carbons (Fsp3) is 0.526. The molecule has 1 spiro atoms. The number of carboxylic acids is 1. The Kier molecular flexibility index (Phi) is 3.60. The molecular weight excluding hydrogens is 320 g/mol. The molecule has 0 aromatic heterocycles. The van der Waals surface area contributed by atoms with Gasteiger partial charge < -0.3 is 15.3 Å². The quantitative estimate of drug-likeness (QED) is 0.767. The smallest absolute Gasteiger partial charge is 0.394 e. The predicted octanol–water partition coefficient (Wildman–Crippen LogP) is 2.35. The number of nitrogens with one attached hydrogen (secondary N) is 1. The van der Waals surface area contributed by atoms with E-state index in [1.54, 1.807) is 0 Å². The molecule has 6 nitrogen and oxygen atoms in total. The lowest BCUT2D eigenvalue weighted by atomic mass is 9.85. The van der Waals surface area contributed by atoms with E-state index in [-0.39, 0.29) is 17.4 Å². The Hall–Kier alpha value is -2.37. The molecule has 1 aliphatic carbocycles. The highest BCUT2D eigenvalue weighted by Crippen LogP contribution is 2.52. The second-order valence-corrected chi connectivity index (χ2v) is 7.79. The van der Waals surface area contributed by atoms with E-state index in [1.165, 1.54) is 4.90 Å². The zero-order valence-corrected chi connectivity index (χ0v) is 14.2. The first-order valence-corrected chi connectivity index (χ1v) is 8.88. The highest BCUT2D eigenvalue weighted by atomic mass is 16.4. The molecule has 3 aliphatic rings. The Morgan fingerprint density at radius 1 is 1.28 bits per heavy atom. The van der Waals surface area contributed by atoms with E-state index in [0.29, 0.717) is 12.5 Å². The fourth-order valence-electron chi connectivity index (χ4n) is 4.19. The number of nitrogens with zero attached hydrogens (tertiary/aromatic N) is 1. The number of fused-ring (bicyclic) bond motifs is 1. The number of rotatable bonds is 1. The summed E-state index contributed by atoms with van der Waals surface area (Å²) < 4.78 is 0. The summed E-state index contributed by atoms with van der Waals surface area (Å²) >= 11 is 0. The molecule has 132 valence electrons. The minimum atomic E-state index is -1.40. The van der Waals surface area contributed by atoms with Crippen molar-refractivity contribution in [2.75, 3.05) is 11.9 Å². The molecule has 2 N–H and O–H groups in total. The molecule has 1 aromatic rings. The van der Waals surface area contributed by atoms with Crippen molar-refractivity contribution < 1.29 is 19.5 Å². The van der Waals surface area contributed by atoms with Crippen LogP contribution in [0.2, 0.25) is 0 Å². The second-order valence-electron chi connectivity index (χ2n) is 7.79. The lowest BCUT2D eigenvalue weighted by molar-refractivity contribution is -0.158. The van der Waals surface area contributed by atoms with Crippen molar-refractivity contribution in [2.24, 2.45) is 11.3 Å². The molecule has 25 heavy (non-hydrogen) atoms. The van der Waals surface area contributed by atoms with E-state index in [9.17, 15) is 14.4 Å². The summed E-state index contributed by atoms with van der Waals surface area (Å²) in [4.78, 5) is 37.0. The Balaban J connectivity index is 1.65. The summed E-state index contributed by atoms with van der Waals surface area (Å²) in [6, 6.07) is 5.64. The SMILES string of the molecule is C[C@H]1CCC(c2ccc3c(c2)CC2(CC2)C(=O)N3)N(C(=O)C(=O)O)C1. The molecule has 1 saturated carbocycles. The topological polar surface area (TPSA) is 86.7 Å². The van der Waals surface area contributed by atoms with Gasteiger partial charge in [-0.2, -0.15) is 0 Å². The summed E-state index contributed by atoms with van der Waals surface area (Å²) in [5, 5.41) is 12.1. The van der Waals surface area contributed by atoms with Crippen LogP contribution in [-0.2, 0) is 20.8 Å². The largest absolute Gasteiger partial charge is 0.474 e. The zero-order valence-electron chi connectivity index (χ0n) is 14.2. The molecule has 1 unspecified atom stereocenters. The highest BCUT2D eigenvalue weighted by Gasteiger charge is 2.52. The van der Waals surface area contributed by atoms with Crippen LogP contribution in [0.25, 0.3) is 0 Å². The van der Waals surface area contributed by atoms with Gasteiger partial charge in [0.2, 0.25) is 5.91 Å². The molecule has 4 rings (SSSR count). The standard InChI is InChI=1S/C19H22N2O4/c1-11-2-5-15(21(10-11)16(22)17(23)24)12-3-4-14-13(8-12)9-19(6-7-19)18(25)20-14/h3-4,8,11,15H,2,5-7,9-10H2,1H3,(H,20,25)(H,23,24)/t11-,15?/m0/s1. The number of aliphatic carboxylic acids is 1. The van der Waals surface area contributed by atoms with Crippen molar-refractivity contribution in [3.63, 3.8) is 0 Å². The number of carbonyl (C=O) groups excluding carboxylic acids is 2. The van der Waals surface area contributed by atoms with Gasteiger partial charge in [0.1, 0.15) is 0 Å². The summed E-state index contributed by atoms with van der Waals surface area (Å²) in [7, 11) is 0. The van der Waals surface area contributed by atoms with E-state index < -0.39 is 11.9 Å². The third-order valence-electron chi connectivity index (χ3n) is 5.89. The molecule has 2 amide bonds. The summed E-state index contributed by atoms with van der Waals surface area (Å²) in [5.41, 5.74) is 2.67. The first-order chi connectivity index (χ1) is 11.9. The minimum Gasteiger partial charge on any atom is -0.474 e. The summed E-state index contributed by atoms with van der Waals surface area (Å²) in [6.07, 6.45) is 4.31. The minimum absolute atomic E-state index is 0.113. The number of benzene rings is 1. The number of hydrogen-bond acceptors (Lipinski definition) is 3. The monoisotopic (exact) mass is 342 g/mol. The lowest BCUT2D eigenvalue weighted by Gasteiger charge is -2.38. The van der Waals surface area contributed by atoms with Gasteiger partial charge in [-0.1, -0.05) is 19.1 Å². The first kappa shape index (κ1) is 16.1. The third-order valence-corrected chi connectivity index (χ3v) is 5.89. The van der Waals surface area contributed by atoms with E-state index in [4.69, 9.17) is 5.11 Å². The number of carboxylic acid groups (broad SMARTS) is 1. The maximum absolute atomic E-state index is 12.2. The van der Waals surface area contributed by atoms with Gasteiger partial charge in [0, 0.05) is 12.2 Å². The number of likely N-dealkylation sites (tertiary alicyclic amines) is 1. The van der Waals surface area contributed by atoms with Crippen LogP contribution in [0, 0.1) is 11.3 Å². The van der Waals surface area contributed by atoms with Gasteiger partial charge in [-0.05, 0) is 55.2 Å². The van der Waals surface area contributed by atoms with Gasteiger partial charge in [-0.3, -0.25) is 9.59 Å². The Morgan fingerprint density at radius 2 is 2.04 bits per heavy atom. The van der Waals surface area contributed by atoms with E-state index in [1.807, 2.05) is 19.1 Å². The van der Waals surface area contributed by atoms with Crippen LogP contribution in [0.1, 0.15) is 49.8 Å². The Labute approximate surface area is 146 Å². The van der Waals surface area contributed by atoms with Crippen LogP contribution in [0.4, 0.5) is 5.69 Å². The van der Waals surface area contributed by atoms with Crippen molar-refractivity contribution >= 4 is 23.5 Å². The van der Waals surface area contributed by atoms with Gasteiger partial charge in [0.05, 0.1) is 11.5 Å². The van der Waals surface area contributed by atoms with Gasteiger partial charge in [0.15, 0.2) is 0 Å². The number of piperidine rings is 1. The van der Waals surface area contributed by atoms with Crippen LogP contribution in [-0.4, -0.2) is 34.3 Å². The van der Waals surface area contributed by atoms with Crippen LogP contribution in [0.3, 0.4) is 0 Å². The van der Waals surface area contributed by atoms with Gasteiger partial charge in [-0.15, -0.1) is 0 Å². The zero-order chi connectivity index (χ0) is 17.8. The average Bonchev–Trinajstić information content (AvgIpc) is 3.35.